The van der Waals surface area contributed by atoms with E-state index < -0.39 is 43.3 Å². The Morgan fingerprint density at radius 1 is 1.26 bits per heavy atom. The van der Waals surface area contributed by atoms with Crippen molar-refractivity contribution in [3.8, 4) is 6.07 Å². The Labute approximate surface area is 197 Å². The third kappa shape index (κ3) is 5.41. The zero-order valence-corrected chi connectivity index (χ0v) is 19.1. The minimum Gasteiger partial charge on any atom is -0.343 e. The summed E-state index contributed by atoms with van der Waals surface area (Å²) < 4.78 is 27.2. The number of benzene rings is 1. The van der Waals surface area contributed by atoms with E-state index in [0.29, 0.717) is 22.4 Å². The van der Waals surface area contributed by atoms with E-state index in [4.69, 9.17) is 5.26 Å². The molecule has 4 rings (SSSR count). The smallest absolute Gasteiger partial charge is 0.268 e. The van der Waals surface area contributed by atoms with E-state index in [1.807, 2.05) is 18.2 Å². The Balaban J connectivity index is 1.45. The Morgan fingerprint density at radius 2 is 2.03 bits per heavy atom. The molecule has 1 aliphatic heterocycles. The quantitative estimate of drug-likeness (QED) is 0.700. The first-order chi connectivity index (χ1) is 16.3. The molecule has 2 heterocycles. The number of nitriles is 1. The third-order valence-electron chi connectivity index (χ3n) is 6.77. The lowest BCUT2D eigenvalue weighted by atomic mass is 9.83. The summed E-state index contributed by atoms with van der Waals surface area (Å²) in [7, 11) is 0. The highest BCUT2D eigenvalue weighted by Gasteiger charge is 2.47. The summed E-state index contributed by atoms with van der Waals surface area (Å²) in [6, 6.07) is 7.82. The van der Waals surface area contributed by atoms with Gasteiger partial charge in [0, 0.05) is 18.0 Å². The van der Waals surface area contributed by atoms with Gasteiger partial charge in [0.05, 0.1) is 30.2 Å². The van der Waals surface area contributed by atoms with Crippen molar-refractivity contribution in [2.45, 2.75) is 51.0 Å². The average Bonchev–Trinajstić information content (AvgIpc) is 3.16. The topological polar surface area (TPSA) is 86.1 Å². The van der Waals surface area contributed by atoms with E-state index in [0.717, 1.165) is 16.4 Å². The maximum Gasteiger partial charge on any atom is 0.268 e. The number of carbonyl (C=O) groups excluding carboxylic acids is 2. The highest BCUT2D eigenvalue weighted by molar-refractivity contribution is 6.07. The molecule has 8 heteroatoms. The molecule has 1 atom stereocenters. The predicted molar refractivity (Wildman–Crippen MR) is 125 cm³/mol. The normalized spacial score (nSPS) is 24.3. The first kappa shape index (κ1) is 23.8. The molecule has 34 heavy (non-hydrogen) atoms. The number of amides is 2. The van der Waals surface area contributed by atoms with Crippen LogP contribution in [0.1, 0.15) is 54.9 Å². The van der Waals surface area contributed by atoms with Crippen molar-refractivity contribution in [1.29, 1.82) is 5.26 Å². The van der Waals surface area contributed by atoms with Gasteiger partial charge in [0.25, 0.3) is 11.8 Å². The van der Waals surface area contributed by atoms with Crippen molar-refractivity contribution >= 4 is 28.8 Å². The predicted octanol–water partition coefficient (Wildman–Crippen LogP) is 4.56. The van der Waals surface area contributed by atoms with Gasteiger partial charge < -0.3 is 10.2 Å². The van der Waals surface area contributed by atoms with Crippen molar-refractivity contribution in [1.82, 2.24) is 15.2 Å². The molecule has 0 radical (unpaired) electrons. The van der Waals surface area contributed by atoms with Crippen molar-refractivity contribution < 1.29 is 18.4 Å². The molecule has 1 aromatic carbocycles. The molecule has 0 spiro atoms. The molecule has 1 aromatic heterocycles. The number of fused-ring (bicyclic) bond motifs is 1. The lowest BCUT2D eigenvalue weighted by Crippen LogP contribution is -2.43. The fourth-order valence-corrected chi connectivity index (χ4v) is 4.74. The summed E-state index contributed by atoms with van der Waals surface area (Å²) in [5, 5.41) is 12.2. The number of pyridine rings is 1. The monoisotopic (exact) mass is 466 g/mol. The van der Waals surface area contributed by atoms with Gasteiger partial charge in [-0.1, -0.05) is 38.0 Å². The molecule has 1 saturated carbocycles. The summed E-state index contributed by atoms with van der Waals surface area (Å²) in [6.45, 7) is 1.02. The number of halogens is 2. The van der Waals surface area contributed by atoms with E-state index in [1.54, 1.807) is 12.1 Å². The van der Waals surface area contributed by atoms with Crippen LogP contribution in [0, 0.1) is 23.2 Å². The molecule has 2 fully saturated rings. The molecule has 0 bridgehead atoms. The van der Waals surface area contributed by atoms with Gasteiger partial charge in [-0.15, -0.1) is 0 Å². The minimum absolute atomic E-state index is 0.350. The van der Waals surface area contributed by atoms with E-state index >= 15 is 0 Å². The largest absolute Gasteiger partial charge is 0.343 e. The molecule has 1 aliphatic carbocycles. The summed E-state index contributed by atoms with van der Waals surface area (Å²) in [6.07, 6.45) is 9.99. The zero-order chi connectivity index (χ0) is 24.3. The number of carbonyl (C=O) groups is 2. The Morgan fingerprint density at radius 3 is 2.76 bits per heavy atom. The van der Waals surface area contributed by atoms with E-state index in [9.17, 15) is 18.4 Å². The molecule has 178 valence electrons. The van der Waals surface area contributed by atoms with Gasteiger partial charge in [0.15, 0.2) is 0 Å². The first-order valence-corrected chi connectivity index (χ1v) is 11.7. The van der Waals surface area contributed by atoms with Crippen molar-refractivity contribution in [2.24, 2.45) is 11.8 Å². The maximum atomic E-state index is 13.6. The number of nitrogens with one attached hydrogen (secondary N) is 1. The second-order valence-corrected chi connectivity index (χ2v) is 9.42. The standard InChI is InChI=1S/C26H28F2N4O2/c1-17-2-4-18(5-3-17)6-7-19-8-9-23-22(12-19)21(10-11-30-23)25(34)31-15-24(33)32-16-26(27,28)13-20(32)14-29/h6-12,17-18,20H,2-5,13,15-16H2,1H3,(H,31,34). The molecule has 1 saturated heterocycles. The number of allylic oxidation sites excluding steroid dienone is 1. The van der Waals surface area contributed by atoms with Crippen LogP contribution in [0.3, 0.4) is 0 Å². The van der Waals surface area contributed by atoms with Gasteiger partial charge in [-0.25, -0.2) is 8.78 Å². The van der Waals surface area contributed by atoms with E-state index in [2.05, 4.69) is 29.4 Å². The molecule has 2 amide bonds. The number of likely N-dealkylation sites (tertiary alicyclic amines) is 1. The SMILES string of the molecule is CC1CCC(C=Cc2ccc3nccc(C(=O)NCC(=O)N4CC(F)(F)CC4C#N)c3c2)CC1. The van der Waals surface area contributed by atoms with Crippen LogP contribution in [-0.2, 0) is 4.79 Å². The highest BCUT2D eigenvalue weighted by Crippen LogP contribution is 2.32. The number of alkyl halides is 2. The van der Waals surface area contributed by atoms with Gasteiger partial charge >= 0.3 is 0 Å². The number of nitrogens with zero attached hydrogens (tertiary/aromatic N) is 3. The van der Waals surface area contributed by atoms with Crippen LogP contribution in [0.4, 0.5) is 8.78 Å². The Hall–Kier alpha value is -3.34. The molecular formula is C26H28F2N4O2. The lowest BCUT2D eigenvalue weighted by Gasteiger charge is -2.23. The van der Waals surface area contributed by atoms with Crippen LogP contribution in [0.2, 0.25) is 0 Å². The van der Waals surface area contributed by atoms with Gasteiger partial charge in [-0.2, -0.15) is 5.26 Å². The van der Waals surface area contributed by atoms with Gasteiger partial charge in [-0.05, 0) is 48.4 Å². The summed E-state index contributed by atoms with van der Waals surface area (Å²) in [5.41, 5.74) is 1.95. The minimum atomic E-state index is -3.10. The van der Waals surface area contributed by atoms with Crippen LogP contribution in [-0.4, -0.2) is 46.8 Å². The molecule has 1 N–H and O–H groups in total. The average molecular weight is 467 g/mol. The first-order valence-electron chi connectivity index (χ1n) is 11.7. The Bertz CT molecular complexity index is 1150. The van der Waals surface area contributed by atoms with Crippen molar-refractivity contribution in [3.05, 3.63) is 47.7 Å². The van der Waals surface area contributed by atoms with Gasteiger partial charge in [0.2, 0.25) is 5.91 Å². The zero-order valence-electron chi connectivity index (χ0n) is 19.1. The fraction of sp³-hybridized carbons (Fsp3) is 0.462. The number of aromatic nitrogens is 1. The number of hydrogen-bond acceptors (Lipinski definition) is 4. The second kappa shape index (κ2) is 9.88. The summed E-state index contributed by atoms with van der Waals surface area (Å²) >= 11 is 0. The fourth-order valence-electron chi connectivity index (χ4n) is 4.74. The van der Waals surface area contributed by atoms with Gasteiger partial charge in [0.1, 0.15) is 6.04 Å². The number of rotatable bonds is 5. The van der Waals surface area contributed by atoms with Gasteiger partial charge in [-0.3, -0.25) is 14.6 Å². The van der Waals surface area contributed by atoms with Crippen molar-refractivity contribution in [2.75, 3.05) is 13.1 Å². The lowest BCUT2D eigenvalue weighted by molar-refractivity contribution is -0.131. The number of hydrogen-bond donors (Lipinski definition) is 1. The van der Waals surface area contributed by atoms with Crippen LogP contribution in [0.5, 0.6) is 0 Å². The molecule has 1 unspecified atom stereocenters. The highest BCUT2D eigenvalue weighted by atomic mass is 19.3. The van der Waals surface area contributed by atoms with Crippen LogP contribution < -0.4 is 5.32 Å². The summed E-state index contributed by atoms with van der Waals surface area (Å²) in [5.74, 6) is -2.95. The van der Waals surface area contributed by atoms with Crippen molar-refractivity contribution in [3.63, 3.8) is 0 Å². The summed E-state index contributed by atoms with van der Waals surface area (Å²) in [4.78, 5) is 30.4. The molecule has 2 aliphatic rings. The molecular weight excluding hydrogens is 438 g/mol. The van der Waals surface area contributed by atoms with E-state index in [-0.39, 0.29) is 0 Å². The van der Waals surface area contributed by atoms with Crippen LogP contribution in [0.25, 0.3) is 17.0 Å². The Kier molecular flexibility index (Phi) is 6.92. The third-order valence-corrected chi connectivity index (χ3v) is 6.77. The second-order valence-electron chi connectivity index (χ2n) is 9.42. The van der Waals surface area contributed by atoms with E-state index in [1.165, 1.54) is 31.9 Å². The van der Waals surface area contributed by atoms with Crippen LogP contribution in [0.15, 0.2) is 36.5 Å². The maximum absolute atomic E-state index is 13.6. The van der Waals surface area contributed by atoms with Crippen LogP contribution >= 0.6 is 0 Å². The molecule has 6 nitrogen and oxygen atoms in total. The molecule has 2 aromatic rings.